The third-order valence-corrected chi connectivity index (χ3v) is 6.88. The maximum Gasteiger partial charge on any atom is 0.422 e. The molecule has 0 N–H and O–H groups in total. The minimum absolute atomic E-state index is 0.104. The number of hydrogen-bond acceptors (Lipinski definition) is 0. The first-order valence-corrected chi connectivity index (χ1v) is 10.8. The minimum Gasteiger partial charge on any atom is -0.200 e. The Labute approximate surface area is 192 Å². The van der Waals surface area contributed by atoms with Crippen LogP contribution in [0.1, 0.15) is 83.2 Å². The summed E-state index contributed by atoms with van der Waals surface area (Å²) in [5.74, 6) is 0. The molecule has 1 aromatic carbocycles. The fourth-order valence-electron chi connectivity index (χ4n) is 3.90. The fraction of sp³-hybridized carbons (Fsp3) is 0.577. The molecule has 0 bridgehead atoms. The summed E-state index contributed by atoms with van der Waals surface area (Å²) in [6.45, 7) is 15.8. The molecule has 0 radical (unpaired) electrons. The molecule has 33 heavy (non-hydrogen) atoms. The number of rotatable bonds is 2. The van der Waals surface area contributed by atoms with Crippen LogP contribution in [-0.4, -0.2) is 0 Å². The molecule has 1 heterocycles. The van der Waals surface area contributed by atoms with Crippen molar-refractivity contribution in [2.75, 3.05) is 0 Å². The second-order valence-corrected chi connectivity index (χ2v) is 11.4. The van der Waals surface area contributed by atoms with Crippen molar-refractivity contribution >= 4 is 0 Å². The highest BCUT2D eigenvalue weighted by atomic mass is 19.4. The third kappa shape index (κ3) is 5.22. The SMILES string of the molecule is Cc1cc(C(F)(F)F)c(C(C)(C)C)cc1-c1cc(C(C)(C)C(C)(C)C)c(C(F)(F)F)c[n+]1C. The van der Waals surface area contributed by atoms with Crippen LogP contribution in [0.5, 0.6) is 0 Å². The predicted octanol–water partition coefficient (Wildman–Crippen LogP) is 8.15. The lowest BCUT2D eigenvalue weighted by Gasteiger charge is -2.40. The lowest BCUT2D eigenvalue weighted by atomic mass is 9.64. The molecule has 0 aliphatic carbocycles. The number of aromatic nitrogens is 1. The first kappa shape index (κ1) is 27.2. The van der Waals surface area contributed by atoms with E-state index in [1.165, 1.54) is 23.7 Å². The van der Waals surface area contributed by atoms with Crippen LogP contribution in [0.4, 0.5) is 26.3 Å². The Kier molecular flexibility index (Phi) is 6.61. The molecule has 0 fully saturated rings. The molecule has 1 aromatic heterocycles. The van der Waals surface area contributed by atoms with Gasteiger partial charge in [-0.2, -0.15) is 26.3 Å². The van der Waals surface area contributed by atoms with E-state index >= 15 is 0 Å². The number of nitrogens with zero attached hydrogens (tertiary/aromatic N) is 1. The van der Waals surface area contributed by atoms with Crippen molar-refractivity contribution < 1.29 is 30.9 Å². The van der Waals surface area contributed by atoms with Crippen LogP contribution in [0.15, 0.2) is 24.4 Å². The van der Waals surface area contributed by atoms with Crippen LogP contribution in [0.3, 0.4) is 0 Å². The number of alkyl halides is 6. The maximum atomic E-state index is 14.0. The molecule has 0 aliphatic rings. The highest BCUT2D eigenvalue weighted by Crippen LogP contribution is 2.47. The lowest BCUT2D eigenvalue weighted by molar-refractivity contribution is -0.661. The van der Waals surface area contributed by atoms with E-state index in [1.54, 1.807) is 41.5 Å². The Hall–Kier alpha value is -2.05. The number of aryl methyl sites for hydroxylation is 2. The number of benzene rings is 1. The average Bonchev–Trinajstić information content (AvgIpc) is 2.57. The summed E-state index contributed by atoms with van der Waals surface area (Å²) in [6, 6.07) is 4.08. The van der Waals surface area contributed by atoms with E-state index in [1.807, 2.05) is 20.8 Å². The summed E-state index contributed by atoms with van der Waals surface area (Å²) in [5, 5.41) is 0. The van der Waals surface area contributed by atoms with E-state index in [9.17, 15) is 26.3 Å². The van der Waals surface area contributed by atoms with Gasteiger partial charge in [-0.05, 0) is 52.0 Å². The zero-order chi connectivity index (χ0) is 25.9. The van der Waals surface area contributed by atoms with E-state index in [4.69, 9.17) is 0 Å². The standard InChI is InChI=1S/C26H34F6N/c1-15-11-19(25(27,28)29)17(22(2,3)4)12-16(15)21-13-18(24(8,9)23(5,6)7)20(14-33(21)10)26(30,31)32/h11-14H,1-10H3/q+1. The van der Waals surface area contributed by atoms with E-state index in [2.05, 4.69) is 0 Å². The number of pyridine rings is 1. The Morgan fingerprint density at radius 3 is 1.52 bits per heavy atom. The van der Waals surface area contributed by atoms with Crippen molar-refractivity contribution in [2.45, 2.75) is 85.5 Å². The average molecular weight is 475 g/mol. The van der Waals surface area contributed by atoms with Gasteiger partial charge in [0.05, 0.1) is 5.56 Å². The van der Waals surface area contributed by atoms with Gasteiger partial charge in [0.25, 0.3) is 0 Å². The van der Waals surface area contributed by atoms with Gasteiger partial charge in [0.1, 0.15) is 12.6 Å². The van der Waals surface area contributed by atoms with Crippen LogP contribution in [0.2, 0.25) is 0 Å². The van der Waals surface area contributed by atoms with Crippen molar-refractivity contribution in [3.8, 4) is 11.3 Å². The molecule has 184 valence electrons. The van der Waals surface area contributed by atoms with Crippen LogP contribution < -0.4 is 4.57 Å². The highest BCUT2D eigenvalue weighted by Gasteiger charge is 2.45. The Bertz CT molecular complexity index is 1040. The summed E-state index contributed by atoms with van der Waals surface area (Å²) >= 11 is 0. The number of hydrogen-bond donors (Lipinski definition) is 0. The molecule has 2 rings (SSSR count). The second-order valence-electron chi connectivity index (χ2n) is 11.4. The van der Waals surface area contributed by atoms with E-state index in [-0.39, 0.29) is 11.1 Å². The molecular formula is C26H34F6N+. The van der Waals surface area contributed by atoms with Crippen molar-refractivity contribution in [3.05, 3.63) is 52.2 Å². The molecule has 0 saturated heterocycles. The molecule has 1 nitrogen and oxygen atoms in total. The minimum atomic E-state index is -4.57. The van der Waals surface area contributed by atoms with E-state index < -0.39 is 39.7 Å². The summed E-state index contributed by atoms with van der Waals surface area (Å²) in [7, 11) is 1.49. The van der Waals surface area contributed by atoms with Crippen molar-refractivity contribution in [1.29, 1.82) is 0 Å². The van der Waals surface area contributed by atoms with Gasteiger partial charge < -0.3 is 0 Å². The van der Waals surface area contributed by atoms with Gasteiger partial charge in [-0.25, -0.2) is 4.57 Å². The fourth-order valence-corrected chi connectivity index (χ4v) is 3.90. The zero-order valence-corrected chi connectivity index (χ0v) is 21.0. The Balaban J connectivity index is 2.99. The van der Waals surface area contributed by atoms with Gasteiger partial charge in [-0.3, -0.25) is 0 Å². The molecular weight excluding hydrogens is 440 g/mol. The first-order chi connectivity index (χ1) is 14.5. The van der Waals surface area contributed by atoms with Crippen molar-refractivity contribution in [3.63, 3.8) is 0 Å². The van der Waals surface area contributed by atoms with Crippen LogP contribution >= 0.6 is 0 Å². The summed E-state index contributed by atoms with van der Waals surface area (Å²) in [6.07, 6.45) is -8.06. The van der Waals surface area contributed by atoms with E-state index in [0.717, 1.165) is 12.3 Å². The summed E-state index contributed by atoms with van der Waals surface area (Å²) in [4.78, 5) is 0. The van der Waals surface area contributed by atoms with E-state index in [0.29, 0.717) is 16.8 Å². The molecule has 7 heteroatoms. The molecule has 0 aliphatic heterocycles. The second kappa shape index (κ2) is 8.02. The largest absolute Gasteiger partial charge is 0.422 e. The predicted molar refractivity (Wildman–Crippen MR) is 119 cm³/mol. The quantitative estimate of drug-likeness (QED) is 0.305. The Morgan fingerprint density at radius 1 is 0.636 bits per heavy atom. The van der Waals surface area contributed by atoms with Crippen LogP contribution in [-0.2, 0) is 30.2 Å². The van der Waals surface area contributed by atoms with Gasteiger partial charge in [-0.15, -0.1) is 0 Å². The lowest BCUT2D eigenvalue weighted by Crippen LogP contribution is -2.40. The number of halogens is 6. The molecule has 0 unspecified atom stereocenters. The third-order valence-electron chi connectivity index (χ3n) is 6.88. The van der Waals surface area contributed by atoms with Gasteiger partial charge in [0.2, 0.25) is 5.69 Å². The topological polar surface area (TPSA) is 3.88 Å². The van der Waals surface area contributed by atoms with Crippen molar-refractivity contribution in [1.82, 2.24) is 0 Å². The normalized spacial score (nSPS) is 14.1. The van der Waals surface area contributed by atoms with Crippen LogP contribution in [0, 0.1) is 12.3 Å². The molecule has 0 saturated carbocycles. The van der Waals surface area contributed by atoms with Crippen molar-refractivity contribution in [2.24, 2.45) is 12.5 Å². The van der Waals surface area contributed by atoms with Gasteiger partial charge >= 0.3 is 12.4 Å². The first-order valence-electron chi connectivity index (χ1n) is 10.8. The molecule has 0 spiro atoms. The molecule has 0 amide bonds. The molecule has 2 aromatic rings. The zero-order valence-electron chi connectivity index (χ0n) is 21.0. The molecule has 0 atom stereocenters. The van der Waals surface area contributed by atoms with Gasteiger partial charge in [0, 0.05) is 11.6 Å². The maximum absolute atomic E-state index is 14.0. The highest BCUT2D eigenvalue weighted by molar-refractivity contribution is 5.66. The van der Waals surface area contributed by atoms with Crippen LogP contribution in [0.25, 0.3) is 11.3 Å². The van der Waals surface area contributed by atoms with Gasteiger partial charge in [0.15, 0.2) is 6.20 Å². The smallest absolute Gasteiger partial charge is 0.200 e. The summed E-state index contributed by atoms with van der Waals surface area (Å²) < 4.78 is 84.8. The summed E-state index contributed by atoms with van der Waals surface area (Å²) in [5.41, 5.74) is -2.16. The van der Waals surface area contributed by atoms with Gasteiger partial charge in [-0.1, -0.05) is 55.4 Å². The Morgan fingerprint density at radius 2 is 1.12 bits per heavy atom. The monoisotopic (exact) mass is 474 g/mol.